The van der Waals surface area contributed by atoms with Gasteiger partial charge in [-0.3, -0.25) is 19.1 Å². The van der Waals surface area contributed by atoms with Crippen LogP contribution in [-0.2, 0) is 29.1 Å². The Morgan fingerprint density at radius 1 is 1.18 bits per heavy atom. The second-order valence-corrected chi connectivity index (χ2v) is 18.7. The molecule has 1 aromatic heterocycles. The normalized spacial score (nSPS) is 27.9. The Balaban J connectivity index is 0.000000850. The molecule has 2 aliphatic carbocycles. The van der Waals surface area contributed by atoms with E-state index in [1.165, 1.54) is 0 Å². The first-order chi connectivity index (χ1) is 26.8. The molecule has 320 valence electrons. The van der Waals surface area contributed by atoms with Crippen molar-refractivity contribution in [3.63, 3.8) is 0 Å². The number of pyridine rings is 1. The number of nitrogens with one attached hydrogen (secondary N) is 2. The Kier molecular flexibility index (Phi) is 13.1. The number of carbonyl (C=O) groups is 4. The Hall–Kier alpha value is -4.54. The summed E-state index contributed by atoms with van der Waals surface area (Å²) in [4.78, 5) is 57.9. The van der Waals surface area contributed by atoms with Gasteiger partial charge in [-0.1, -0.05) is 50.6 Å². The minimum absolute atomic E-state index is 0. The summed E-state index contributed by atoms with van der Waals surface area (Å²) in [5.41, 5.74) is 1.32. The molecule has 0 unspecified atom stereocenters. The number of halogens is 2. The summed E-state index contributed by atoms with van der Waals surface area (Å²) < 4.78 is 67.0. The van der Waals surface area contributed by atoms with Crippen LogP contribution >= 0.6 is 0 Å². The number of sulfonamides is 1. The third-order valence-corrected chi connectivity index (χ3v) is 13.7. The molecule has 14 nitrogen and oxygen atoms in total. The van der Waals surface area contributed by atoms with E-state index in [1.807, 2.05) is 36.4 Å². The van der Waals surface area contributed by atoms with E-state index in [-0.39, 0.29) is 41.4 Å². The fourth-order valence-corrected chi connectivity index (χ4v) is 8.73. The topological polar surface area (TPSA) is 196 Å². The number of benzene rings is 1. The maximum absolute atomic E-state index is 14.2. The maximum Gasteiger partial charge on any atom is 0.405 e. The molecule has 4 amide bonds. The molecule has 57 heavy (non-hydrogen) atoms. The zero-order chi connectivity index (χ0) is 41.9. The standard InChI is InChI=1S/C35H46N4O7S.C5H9F2NO2.3H2/c1-5-23-16-22(2)10-6-7-11-24-19-35(24,33(42)38-47(43,44)34(3)14-15-34)37-31(41)28-18-25(21-39(28)30(40)17-23)46-32-27-13-9-8-12-26(27)29(45-4)20-36-32;1-5(2,3(6)7)10-4(8)9;;;/h7-9,11-13,20,22-25,28H,5-6,10,14-19,21H2,1-4H3,(H,37,41)(H,38,42);3H,1-2H3,(H2,8,9);3*1H/b11-7-;;;;/t22-,23+,24+,25+,28-,35+;;;;/m0..../s1. The Labute approximate surface area is 337 Å². The summed E-state index contributed by atoms with van der Waals surface area (Å²) >= 11 is 0. The molecule has 4 N–H and O–H groups in total. The number of aromatic nitrogens is 1. The Morgan fingerprint density at radius 2 is 1.86 bits per heavy atom. The summed E-state index contributed by atoms with van der Waals surface area (Å²) in [6, 6.07) is 6.69. The van der Waals surface area contributed by atoms with Crippen molar-refractivity contribution in [2.75, 3.05) is 13.7 Å². The first kappa shape index (κ1) is 43.6. The van der Waals surface area contributed by atoms with Crippen LogP contribution in [0.4, 0.5) is 13.6 Å². The van der Waals surface area contributed by atoms with Crippen molar-refractivity contribution < 1.29 is 54.9 Å². The number of nitrogens with two attached hydrogens (primary N) is 1. The van der Waals surface area contributed by atoms with Crippen molar-refractivity contribution in [2.24, 2.45) is 23.5 Å². The van der Waals surface area contributed by atoms with E-state index >= 15 is 0 Å². The lowest BCUT2D eigenvalue weighted by molar-refractivity contribution is -0.140. The van der Waals surface area contributed by atoms with E-state index in [4.69, 9.17) is 9.47 Å². The smallest absolute Gasteiger partial charge is 0.405 e. The first-order valence-electron chi connectivity index (χ1n) is 19.5. The average molecular weight is 826 g/mol. The average Bonchev–Trinajstić information content (AvgIpc) is 4.02. The molecule has 4 aliphatic rings. The Morgan fingerprint density at radius 3 is 2.46 bits per heavy atom. The highest BCUT2D eigenvalue weighted by Gasteiger charge is 2.63. The summed E-state index contributed by atoms with van der Waals surface area (Å²) in [5, 5.41) is 4.52. The highest BCUT2D eigenvalue weighted by molar-refractivity contribution is 7.91. The van der Waals surface area contributed by atoms with Gasteiger partial charge in [-0.05, 0) is 77.2 Å². The SMILES string of the molecule is CC(C)(OC(N)=O)C(F)F.CC[C@H]1CC(=O)N2C[C@H](Oc3ncc(OC)c4ccccc34)C[C@H]2C(=O)N[C@]2(C(=O)NS(=O)(=O)C3(C)CC3)C[C@H]2/C=C\CC[C@H](C)C1.[HH].[HH].[HH]. The molecule has 3 fully saturated rings. The Bertz CT molecular complexity index is 1990. The number of fused-ring (bicyclic) bond motifs is 3. The first-order valence-corrected chi connectivity index (χ1v) is 20.9. The summed E-state index contributed by atoms with van der Waals surface area (Å²) in [7, 11) is -2.34. The van der Waals surface area contributed by atoms with Gasteiger partial charge < -0.3 is 30.2 Å². The fourth-order valence-electron chi connectivity index (χ4n) is 7.42. The molecule has 17 heteroatoms. The van der Waals surface area contributed by atoms with Crippen LogP contribution in [0.1, 0.15) is 96.7 Å². The van der Waals surface area contributed by atoms with Gasteiger partial charge in [-0.2, -0.15) is 0 Å². The van der Waals surface area contributed by atoms with Crippen molar-refractivity contribution in [1.82, 2.24) is 19.9 Å². The van der Waals surface area contributed by atoms with Crippen LogP contribution in [0.15, 0.2) is 42.6 Å². The van der Waals surface area contributed by atoms with Crippen LogP contribution in [0.25, 0.3) is 10.8 Å². The number of ether oxygens (including phenoxy) is 3. The van der Waals surface area contributed by atoms with Gasteiger partial charge in [0, 0.05) is 33.8 Å². The molecule has 6 rings (SSSR count). The van der Waals surface area contributed by atoms with Gasteiger partial charge in [0.15, 0.2) is 5.60 Å². The lowest BCUT2D eigenvalue weighted by atomic mass is 9.88. The van der Waals surface area contributed by atoms with E-state index in [9.17, 15) is 36.4 Å². The second-order valence-electron chi connectivity index (χ2n) is 16.5. The van der Waals surface area contributed by atoms with Crippen LogP contribution in [0.3, 0.4) is 0 Å². The predicted octanol–water partition coefficient (Wildman–Crippen LogP) is 6.12. The van der Waals surface area contributed by atoms with Crippen LogP contribution in [0, 0.1) is 17.8 Å². The summed E-state index contributed by atoms with van der Waals surface area (Å²) in [6.45, 7) is 8.25. The molecular formula is C40H61F2N5O9S. The number of amides is 4. The minimum atomic E-state index is -3.91. The van der Waals surface area contributed by atoms with Gasteiger partial charge in [-0.25, -0.2) is 27.0 Å². The van der Waals surface area contributed by atoms with E-state index in [1.54, 1.807) is 25.1 Å². The van der Waals surface area contributed by atoms with E-state index in [0.717, 1.165) is 50.3 Å². The fraction of sp³-hybridized carbons (Fsp3) is 0.625. The third kappa shape index (κ3) is 9.95. The van der Waals surface area contributed by atoms with Crippen molar-refractivity contribution in [3.8, 4) is 11.6 Å². The molecule has 1 aromatic carbocycles. The zero-order valence-electron chi connectivity index (χ0n) is 33.4. The number of primary amides is 1. The number of hydrogen-bond acceptors (Lipinski definition) is 10. The number of nitrogens with zero attached hydrogens (tertiary/aromatic N) is 2. The molecule has 6 atom stereocenters. The molecular weight excluding hydrogens is 765 g/mol. The molecule has 2 aliphatic heterocycles. The van der Waals surface area contributed by atoms with Crippen molar-refractivity contribution in [3.05, 3.63) is 42.6 Å². The highest BCUT2D eigenvalue weighted by atomic mass is 32.2. The van der Waals surface area contributed by atoms with Crippen LogP contribution in [-0.4, -0.2) is 90.2 Å². The van der Waals surface area contributed by atoms with Gasteiger partial charge in [0.05, 0.1) is 24.6 Å². The number of rotatable bonds is 9. The summed E-state index contributed by atoms with van der Waals surface area (Å²) in [6.07, 6.45) is 6.32. The number of alkyl halides is 2. The molecule has 0 spiro atoms. The highest BCUT2D eigenvalue weighted by Crippen LogP contribution is 2.47. The van der Waals surface area contributed by atoms with Crippen molar-refractivity contribution in [2.45, 2.75) is 127 Å². The zero-order valence-corrected chi connectivity index (χ0v) is 34.2. The maximum atomic E-state index is 14.2. The van der Waals surface area contributed by atoms with E-state index < -0.39 is 62.4 Å². The molecule has 2 aromatic rings. The number of methoxy groups -OCH3 is 1. The van der Waals surface area contributed by atoms with Crippen molar-refractivity contribution >= 4 is 44.6 Å². The number of carbonyl (C=O) groups excluding carboxylic acids is 4. The molecule has 2 saturated carbocycles. The lowest BCUT2D eigenvalue weighted by Crippen LogP contribution is -2.57. The predicted molar refractivity (Wildman–Crippen MR) is 214 cm³/mol. The summed E-state index contributed by atoms with van der Waals surface area (Å²) in [5.74, 6) is -0.166. The van der Waals surface area contributed by atoms with E-state index in [0.29, 0.717) is 36.8 Å². The van der Waals surface area contributed by atoms with Gasteiger partial charge in [0.2, 0.25) is 27.7 Å². The van der Waals surface area contributed by atoms with Gasteiger partial charge >= 0.3 is 6.09 Å². The minimum Gasteiger partial charge on any atom is -0.494 e. The van der Waals surface area contributed by atoms with E-state index in [2.05, 4.69) is 39.3 Å². The number of allylic oxidation sites excluding steroid dienone is 1. The van der Waals surface area contributed by atoms with Crippen LogP contribution < -0.4 is 25.2 Å². The molecule has 3 heterocycles. The second kappa shape index (κ2) is 17.1. The number of hydrogen-bond donors (Lipinski definition) is 3. The van der Waals surface area contributed by atoms with Crippen LogP contribution in [0.2, 0.25) is 0 Å². The largest absolute Gasteiger partial charge is 0.494 e. The van der Waals surface area contributed by atoms with Gasteiger partial charge in [0.25, 0.3) is 12.3 Å². The monoisotopic (exact) mass is 825 g/mol. The van der Waals surface area contributed by atoms with Gasteiger partial charge in [0.1, 0.15) is 23.4 Å². The molecule has 0 radical (unpaired) electrons. The molecule has 1 saturated heterocycles. The third-order valence-electron chi connectivity index (χ3n) is 11.6. The lowest BCUT2D eigenvalue weighted by Gasteiger charge is -2.28. The van der Waals surface area contributed by atoms with Gasteiger partial charge in [-0.15, -0.1) is 0 Å². The van der Waals surface area contributed by atoms with Crippen LogP contribution in [0.5, 0.6) is 11.6 Å². The molecule has 0 bridgehead atoms. The quantitative estimate of drug-likeness (QED) is 0.248. The van der Waals surface area contributed by atoms with Crippen molar-refractivity contribution in [1.29, 1.82) is 0 Å².